The van der Waals surface area contributed by atoms with Gasteiger partial charge in [-0.1, -0.05) is 20.8 Å². The van der Waals surface area contributed by atoms with Gasteiger partial charge in [-0.2, -0.15) is 4.31 Å². The lowest BCUT2D eigenvalue weighted by molar-refractivity contribution is -0.135. The number of aromatic hydroxyl groups is 1. The highest BCUT2D eigenvalue weighted by Gasteiger charge is 2.26. The number of likely N-dealkylation sites (tertiary alicyclic amines) is 1. The third kappa shape index (κ3) is 5.02. The fourth-order valence-electron chi connectivity index (χ4n) is 3.11. The lowest BCUT2D eigenvalue weighted by Gasteiger charge is -2.30. The molecule has 0 saturated carbocycles. The number of nitrogens with zero attached hydrogens (tertiary/aromatic N) is 2. The van der Waals surface area contributed by atoms with Gasteiger partial charge < -0.3 is 14.7 Å². The van der Waals surface area contributed by atoms with Crippen molar-refractivity contribution in [3.05, 3.63) is 23.8 Å². The first-order valence-electron chi connectivity index (χ1n) is 9.48. The van der Waals surface area contributed by atoms with Crippen LogP contribution in [0.5, 0.6) is 5.75 Å². The Hall–Kier alpha value is -2.13. The van der Waals surface area contributed by atoms with Crippen LogP contribution in [0.3, 0.4) is 0 Å². The molecule has 0 atom stereocenters. The van der Waals surface area contributed by atoms with Crippen molar-refractivity contribution in [3.8, 4) is 5.75 Å². The average Bonchev–Trinajstić information content (AvgIpc) is 2.67. The highest BCUT2D eigenvalue weighted by molar-refractivity contribution is 7.89. The van der Waals surface area contributed by atoms with Gasteiger partial charge in [-0.15, -0.1) is 0 Å². The Balaban J connectivity index is 2.10. The molecule has 1 aromatic rings. The minimum atomic E-state index is -3.79. The van der Waals surface area contributed by atoms with Gasteiger partial charge in [-0.05, 0) is 37.0 Å². The maximum absolute atomic E-state index is 12.6. The van der Waals surface area contributed by atoms with Crippen molar-refractivity contribution in [1.29, 1.82) is 0 Å². The molecule has 156 valence electrons. The number of phenolic OH excluding ortho intramolecular Hbond substituents is 1. The third-order valence-corrected chi connectivity index (χ3v) is 7.04. The van der Waals surface area contributed by atoms with Crippen LogP contribution in [0, 0.1) is 5.92 Å². The number of piperidine rings is 1. The molecule has 2 rings (SSSR count). The second kappa shape index (κ2) is 9.38. The number of benzene rings is 1. The quantitative estimate of drug-likeness (QED) is 0.685. The minimum absolute atomic E-state index is 0.114. The number of amides is 1. The van der Waals surface area contributed by atoms with Gasteiger partial charge in [0.05, 0.1) is 4.90 Å². The van der Waals surface area contributed by atoms with Crippen LogP contribution < -0.4 is 0 Å². The highest BCUT2D eigenvalue weighted by Crippen LogP contribution is 2.24. The summed E-state index contributed by atoms with van der Waals surface area (Å²) in [6, 6.07) is 3.46. The van der Waals surface area contributed by atoms with Gasteiger partial charge in [-0.25, -0.2) is 13.2 Å². The fourth-order valence-corrected chi connectivity index (χ4v) is 4.59. The summed E-state index contributed by atoms with van der Waals surface area (Å²) in [5.74, 6) is -1.07. The fraction of sp³-hybridized carbons (Fsp3) is 0.579. The molecule has 1 fully saturated rings. The Labute approximate surface area is 166 Å². The van der Waals surface area contributed by atoms with Crippen molar-refractivity contribution < 1.29 is 27.9 Å². The number of carbonyl (C=O) groups is 2. The molecule has 28 heavy (non-hydrogen) atoms. The van der Waals surface area contributed by atoms with Gasteiger partial charge in [0.15, 0.2) is 6.61 Å². The molecule has 0 spiro atoms. The van der Waals surface area contributed by atoms with E-state index >= 15 is 0 Å². The lowest BCUT2D eigenvalue weighted by Crippen LogP contribution is -2.40. The molecule has 1 aromatic carbocycles. The summed E-state index contributed by atoms with van der Waals surface area (Å²) < 4.78 is 31.5. The van der Waals surface area contributed by atoms with Gasteiger partial charge >= 0.3 is 5.97 Å². The number of rotatable bonds is 7. The van der Waals surface area contributed by atoms with E-state index in [0.717, 1.165) is 25.0 Å². The maximum Gasteiger partial charge on any atom is 0.342 e. The largest absolute Gasteiger partial charge is 0.507 e. The van der Waals surface area contributed by atoms with Crippen molar-refractivity contribution in [3.63, 3.8) is 0 Å². The van der Waals surface area contributed by atoms with Gasteiger partial charge in [0, 0.05) is 26.2 Å². The van der Waals surface area contributed by atoms with Crippen LogP contribution in [0.2, 0.25) is 0 Å². The number of carbonyl (C=O) groups excluding carboxylic acids is 2. The Bertz CT molecular complexity index is 812. The maximum atomic E-state index is 12.6. The number of esters is 1. The van der Waals surface area contributed by atoms with Crippen LogP contribution in [0.1, 0.15) is 44.0 Å². The van der Waals surface area contributed by atoms with E-state index in [-0.39, 0.29) is 29.5 Å². The van der Waals surface area contributed by atoms with Crippen LogP contribution in [0.4, 0.5) is 0 Å². The van der Waals surface area contributed by atoms with Crippen LogP contribution in [0.15, 0.2) is 23.1 Å². The number of hydrogen-bond donors (Lipinski definition) is 1. The number of phenols is 1. The first-order chi connectivity index (χ1) is 13.2. The summed E-state index contributed by atoms with van der Waals surface area (Å²) in [6.07, 6.45) is 1.82. The predicted octanol–water partition coefficient (Wildman–Crippen LogP) is 1.84. The van der Waals surface area contributed by atoms with Gasteiger partial charge in [0.25, 0.3) is 5.91 Å². The molecule has 0 radical (unpaired) electrons. The molecule has 0 unspecified atom stereocenters. The molecular formula is C19H28N2O6S. The van der Waals surface area contributed by atoms with Gasteiger partial charge in [-0.3, -0.25) is 4.79 Å². The number of sulfonamides is 1. The summed E-state index contributed by atoms with van der Waals surface area (Å²) >= 11 is 0. The first kappa shape index (κ1) is 22.2. The van der Waals surface area contributed by atoms with E-state index in [1.165, 1.54) is 10.4 Å². The molecule has 0 aliphatic carbocycles. The molecule has 1 aliphatic heterocycles. The zero-order valence-electron chi connectivity index (χ0n) is 16.6. The molecule has 1 saturated heterocycles. The average molecular weight is 413 g/mol. The molecule has 1 N–H and O–H groups in total. The van der Waals surface area contributed by atoms with Crippen molar-refractivity contribution in [2.75, 3.05) is 32.8 Å². The molecule has 8 nitrogen and oxygen atoms in total. The van der Waals surface area contributed by atoms with E-state index in [2.05, 4.69) is 6.92 Å². The van der Waals surface area contributed by atoms with Crippen LogP contribution >= 0.6 is 0 Å². The summed E-state index contributed by atoms with van der Waals surface area (Å²) in [5, 5.41) is 9.96. The normalized spacial score (nSPS) is 15.6. The second-order valence-corrected chi connectivity index (χ2v) is 8.85. The Morgan fingerprint density at radius 3 is 2.39 bits per heavy atom. The standard InChI is InChI=1S/C19H28N2O6S/c1-4-21(5-2)28(25,26)15-6-7-17(22)16(12-15)19(24)27-13-18(23)20-10-8-14(3)9-11-20/h6-7,12,14,22H,4-5,8-11,13H2,1-3H3. The second-order valence-electron chi connectivity index (χ2n) is 6.91. The summed E-state index contributed by atoms with van der Waals surface area (Å²) in [4.78, 5) is 26.1. The van der Waals surface area contributed by atoms with Crippen molar-refractivity contribution in [2.24, 2.45) is 5.92 Å². The Morgan fingerprint density at radius 2 is 1.82 bits per heavy atom. The molecule has 0 bridgehead atoms. The molecule has 1 aliphatic rings. The zero-order valence-corrected chi connectivity index (χ0v) is 17.4. The third-order valence-electron chi connectivity index (χ3n) is 4.99. The van der Waals surface area contributed by atoms with Gasteiger partial charge in [0.1, 0.15) is 11.3 Å². The van der Waals surface area contributed by atoms with Crippen LogP contribution in [-0.2, 0) is 19.6 Å². The minimum Gasteiger partial charge on any atom is -0.507 e. The van der Waals surface area contributed by atoms with Crippen molar-refractivity contribution in [2.45, 2.75) is 38.5 Å². The predicted molar refractivity (Wildman–Crippen MR) is 103 cm³/mol. The Kier molecular flexibility index (Phi) is 7.42. The molecular weight excluding hydrogens is 384 g/mol. The molecule has 0 aromatic heterocycles. The summed E-state index contributed by atoms with van der Waals surface area (Å²) in [7, 11) is -3.79. The van der Waals surface area contributed by atoms with Crippen LogP contribution in [0.25, 0.3) is 0 Å². The number of hydrogen-bond acceptors (Lipinski definition) is 6. The highest BCUT2D eigenvalue weighted by atomic mass is 32.2. The van der Waals surface area contributed by atoms with E-state index in [9.17, 15) is 23.1 Å². The first-order valence-corrected chi connectivity index (χ1v) is 10.9. The topological polar surface area (TPSA) is 104 Å². The van der Waals surface area contributed by atoms with Crippen LogP contribution in [-0.4, -0.2) is 67.4 Å². The molecule has 9 heteroatoms. The van der Waals surface area contributed by atoms with Crippen molar-refractivity contribution in [1.82, 2.24) is 9.21 Å². The zero-order chi connectivity index (χ0) is 20.9. The summed E-state index contributed by atoms with van der Waals surface area (Å²) in [6.45, 7) is 6.92. The molecule has 1 heterocycles. The Morgan fingerprint density at radius 1 is 1.21 bits per heavy atom. The summed E-state index contributed by atoms with van der Waals surface area (Å²) in [5.41, 5.74) is -0.284. The van der Waals surface area contributed by atoms with E-state index in [1.807, 2.05) is 0 Å². The lowest BCUT2D eigenvalue weighted by atomic mass is 9.99. The van der Waals surface area contributed by atoms with E-state index < -0.39 is 28.3 Å². The number of ether oxygens (including phenoxy) is 1. The SMILES string of the molecule is CCN(CC)S(=O)(=O)c1ccc(O)c(C(=O)OCC(=O)N2CCC(C)CC2)c1. The molecule has 1 amide bonds. The monoisotopic (exact) mass is 412 g/mol. The smallest absolute Gasteiger partial charge is 0.342 e. The van der Waals surface area contributed by atoms with E-state index in [0.29, 0.717) is 19.0 Å². The van der Waals surface area contributed by atoms with Crippen molar-refractivity contribution >= 4 is 21.9 Å². The van der Waals surface area contributed by atoms with E-state index in [1.54, 1.807) is 18.7 Å². The van der Waals surface area contributed by atoms with Gasteiger partial charge in [0.2, 0.25) is 10.0 Å². The van der Waals surface area contributed by atoms with E-state index in [4.69, 9.17) is 4.74 Å².